The van der Waals surface area contributed by atoms with Crippen LogP contribution in [0.2, 0.25) is 0 Å². The van der Waals surface area contributed by atoms with Gasteiger partial charge in [-0.2, -0.15) is 12.7 Å². The second kappa shape index (κ2) is 6.20. The highest BCUT2D eigenvalue weighted by Gasteiger charge is 2.18. The number of nitrogen functional groups attached to an aromatic ring is 1. The molecule has 1 aromatic carbocycles. The highest BCUT2D eigenvalue weighted by Crippen LogP contribution is 2.24. The molecular weight excluding hydrogens is 304 g/mol. The maximum absolute atomic E-state index is 12.1. The first-order valence-electron chi connectivity index (χ1n) is 6.42. The van der Waals surface area contributed by atoms with Crippen LogP contribution in [0.4, 0.5) is 5.69 Å². The molecule has 0 bridgehead atoms. The lowest BCUT2D eigenvalue weighted by atomic mass is 10.0. The number of nitrogens with two attached hydrogens (primary N) is 1. The predicted octanol–water partition coefficient (Wildman–Crippen LogP) is 1.16. The van der Waals surface area contributed by atoms with Gasteiger partial charge >= 0.3 is 10.2 Å². The van der Waals surface area contributed by atoms with E-state index in [9.17, 15) is 8.42 Å². The van der Waals surface area contributed by atoms with E-state index in [0.717, 1.165) is 13.8 Å². The van der Waals surface area contributed by atoms with Crippen LogP contribution in [0.5, 0.6) is 0 Å². The lowest BCUT2D eigenvalue weighted by Gasteiger charge is -2.11. The molecular formula is C14H18N4O3S. The van der Waals surface area contributed by atoms with Crippen molar-refractivity contribution in [3.05, 3.63) is 54.3 Å². The molecule has 2 N–H and O–H groups in total. The average molecular weight is 322 g/mol. The van der Waals surface area contributed by atoms with Crippen LogP contribution >= 0.6 is 0 Å². The zero-order valence-corrected chi connectivity index (χ0v) is 13.4. The summed E-state index contributed by atoms with van der Waals surface area (Å²) in [5, 5.41) is 0. The molecule has 0 aliphatic rings. The van der Waals surface area contributed by atoms with Crippen molar-refractivity contribution in [2.24, 2.45) is 0 Å². The van der Waals surface area contributed by atoms with Crippen LogP contribution < -0.4 is 5.73 Å². The molecule has 7 nitrogen and oxygen atoms in total. The molecule has 0 radical (unpaired) electrons. The maximum Gasteiger partial charge on any atom is 0.308 e. The number of imidazole rings is 1. The van der Waals surface area contributed by atoms with Gasteiger partial charge in [-0.25, -0.2) is 8.96 Å². The van der Waals surface area contributed by atoms with Crippen LogP contribution in [0.15, 0.2) is 43.1 Å². The number of aromatic nitrogens is 2. The van der Waals surface area contributed by atoms with E-state index in [1.54, 1.807) is 12.1 Å². The van der Waals surface area contributed by atoms with Gasteiger partial charge in [0, 0.05) is 31.6 Å². The first kappa shape index (κ1) is 16.1. The third kappa shape index (κ3) is 3.12. The zero-order chi connectivity index (χ0) is 16.3. The Morgan fingerprint density at radius 3 is 2.73 bits per heavy atom. The van der Waals surface area contributed by atoms with Crippen LogP contribution in [0, 0.1) is 0 Å². The third-order valence-corrected chi connectivity index (χ3v) is 4.65. The lowest BCUT2D eigenvalue weighted by Crippen LogP contribution is -2.27. The Bertz CT molecular complexity index is 794. The smallest absolute Gasteiger partial charge is 0.308 e. The standard InChI is InChI=1S/C14H18N4O3S/c1-17(2)22(19,20)18-8-14(16-10-18)13(9-21-3)11-5-4-6-12(15)7-11/h4-10H,15H2,1-3H3. The van der Waals surface area contributed by atoms with E-state index in [2.05, 4.69) is 4.98 Å². The van der Waals surface area contributed by atoms with Crippen molar-refractivity contribution in [3.63, 3.8) is 0 Å². The van der Waals surface area contributed by atoms with Gasteiger partial charge in [0.2, 0.25) is 0 Å². The van der Waals surface area contributed by atoms with Gasteiger partial charge in [0.15, 0.2) is 0 Å². The molecule has 1 aromatic heterocycles. The number of methoxy groups -OCH3 is 1. The summed E-state index contributed by atoms with van der Waals surface area (Å²) in [4.78, 5) is 4.16. The normalized spacial score (nSPS) is 12.6. The van der Waals surface area contributed by atoms with Crippen LogP contribution in [0.3, 0.4) is 0 Å². The molecule has 22 heavy (non-hydrogen) atoms. The average Bonchev–Trinajstić information content (AvgIpc) is 2.94. The molecule has 118 valence electrons. The van der Waals surface area contributed by atoms with E-state index >= 15 is 0 Å². The number of nitrogens with zero attached hydrogens (tertiary/aromatic N) is 3. The highest BCUT2D eigenvalue weighted by atomic mass is 32.2. The van der Waals surface area contributed by atoms with Gasteiger partial charge in [-0.15, -0.1) is 0 Å². The summed E-state index contributed by atoms with van der Waals surface area (Å²) in [7, 11) is 0.828. The van der Waals surface area contributed by atoms with Gasteiger partial charge in [0.25, 0.3) is 0 Å². The van der Waals surface area contributed by atoms with Crippen molar-refractivity contribution in [3.8, 4) is 0 Å². The molecule has 0 aliphatic carbocycles. The third-order valence-electron chi connectivity index (χ3n) is 3.00. The van der Waals surface area contributed by atoms with E-state index in [-0.39, 0.29) is 0 Å². The van der Waals surface area contributed by atoms with Crippen molar-refractivity contribution < 1.29 is 13.2 Å². The molecule has 0 saturated carbocycles. The minimum atomic E-state index is -3.60. The summed E-state index contributed by atoms with van der Waals surface area (Å²) in [6.07, 6.45) is 4.19. The number of hydrogen-bond donors (Lipinski definition) is 1. The minimum absolute atomic E-state index is 0.470. The lowest BCUT2D eigenvalue weighted by molar-refractivity contribution is 0.340. The van der Waals surface area contributed by atoms with E-state index < -0.39 is 10.2 Å². The molecule has 0 atom stereocenters. The number of hydrogen-bond acceptors (Lipinski definition) is 5. The van der Waals surface area contributed by atoms with Crippen molar-refractivity contribution >= 4 is 21.5 Å². The van der Waals surface area contributed by atoms with Crippen molar-refractivity contribution in [1.82, 2.24) is 13.3 Å². The molecule has 0 amide bonds. The first-order chi connectivity index (χ1) is 10.4. The molecule has 8 heteroatoms. The number of ether oxygens (including phenoxy) is 1. The fourth-order valence-corrected chi connectivity index (χ4v) is 2.64. The monoisotopic (exact) mass is 322 g/mol. The van der Waals surface area contributed by atoms with Crippen LogP contribution in [-0.4, -0.2) is 42.9 Å². The Labute approximate surface area is 129 Å². The molecule has 2 aromatic rings. The largest absolute Gasteiger partial charge is 0.504 e. The number of rotatable bonds is 5. The molecule has 0 unspecified atom stereocenters. The molecule has 1 heterocycles. The van der Waals surface area contributed by atoms with E-state index in [1.807, 2.05) is 12.1 Å². The van der Waals surface area contributed by atoms with Gasteiger partial charge in [0.05, 0.1) is 19.1 Å². The first-order valence-corrected chi connectivity index (χ1v) is 7.82. The second-order valence-electron chi connectivity index (χ2n) is 4.77. The summed E-state index contributed by atoms with van der Waals surface area (Å²) in [5.74, 6) is 0. The minimum Gasteiger partial charge on any atom is -0.504 e. The van der Waals surface area contributed by atoms with E-state index in [0.29, 0.717) is 17.0 Å². The maximum atomic E-state index is 12.1. The fourth-order valence-electron chi connectivity index (χ4n) is 1.86. The molecule has 0 fully saturated rings. The van der Waals surface area contributed by atoms with E-state index in [1.165, 1.54) is 40.0 Å². The number of anilines is 1. The van der Waals surface area contributed by atoms with Gasteiger partial charge in [-0.1, -0.05) is 12.1 Å². The Morgan fingerprint density at radius 1 is 1.41 bits per heavy atom. The highest BCUT2D eigenvalue weighted by molar-refractivity contribution is 7.87. The van der Waals surface area contributed by atoms with Crippen molar-refractivity contribution in [2.75, 3.05) is 26.9 Å². The van der Waals surface area contributed by atoms with Crippen LogP contribution in [-0.2, 0) is 14.9 Å². The van der Waals surface area contributed by atoms with Crippen molar-refractivity contribution in [2.45, 2.75) is 0 Å². The molecule has 0 aliphatic heterocycles. The van der Waals surface area contributed by atoms with Gasteiger partial charge in [-0.05, 0) is 17.7 Å². The van der Waals surface area contributed by atoms with E-state index in [4.69, 9.17) is 10.5 Å². The van der Waals surface area contributed by atoms with Gasteiger partial charge in [0.1, 0.15) is 6.33 Å². The van der Waals surface area contributed by atoms with Gasteiger partial charge < -0.3 is 10.5 Å². The number of benzene rings is 1. The SMILES string of the molecule is COC=C(c1cccc(N)c1)c1cn(S(=O)(=O)N(C)C)cn1. The summed E-state index contributed by atoms with van der Waals surface area (Å²) in [5.41, 5.74) is 8.28. The quantitative estimate of drug-likeness (QED) is 0.659. The predicted molar refractivity (Wildman–Crippen MR) is 85.2 cm³/mol. The second-order valence-corrected chi connectivity index (χ2v) is 6.82. The zero-order valence-electron chi connectivity index (χ0n) is 12.6. The summed E-state index contributed by atoms with van der Waals surface area (Å²) >= 11 is 0. The Morgan fingerprint density at radius 2 is 2.14 bits per heavy atom. The summed E-state index contributed by atoms with van der Waals surface area (Å²) in [6, 6.07) is 7.19. The van der Waals surface area contributed by atoms with Gasteiger partial charge in [-0.3, -0.25) is 0 Å². The summed E-state index contributed by atoms with van der Waals surface area (Å²) < 4.78 is 31.4. The Hall–Kier alpha value is -2.32. The fraction of sp³-hybridized carbons (Fsp3) is 0.214. The van der Waals surface area contributed by atoms with Crippen molar-refractivity contribution in [1.29, 1.82) is 0 Å². The Kier molecular flexibility index (Phi) is 4.53. The van der Waals surface area contributed by atoms with Crippen LogP contribution in [0.1, 0.15) is 11.3 Å². The molecule has 0 saturated heterocycles. The Balaban J connectivity index is 2.49. The molecule has 0 spiro atoms. The summed E-state index contributed by atoms with van der Waals surface area (Å²) in [6.45, 7) is 0. The topological polar surface area (TPSA) is 90.4 Å². The van der Waals surface area contributed by atoms with Crippen LogP contribution in [0.25, 0.3) is 5.57 Å². The molecule has 2 rings (SSSR count).